The number of hydrogen-bond donors (Lipinski definition) is 2. The Balaban J connectivity index is 2.42. The van der Waals surface area contributed by atoms with Crippen molar-refractivity contribution in [2.75, 3.05) is 0 Å². The van der Waals surface area contributed by atoms with E-state index in [1.165, 1.54) is 0 Å². The van der Waals surface area contributed by atoms with Crippen molar-refractivity contribution in [3.8, 4) is 0 Å². The summed E-state index contributed by atoms with van der Waals surface area (Å²) >= 11 is 0. The van der Waals surface area contributed by atoms with Crippen LogP contribution in [0.5, 0.6) is 0 Å². The molecule has 0 aliphatic heterocycles. The fourth-order valence-corrected chi connectivity index (χ4v) is 6.79. The van der Waals surface area contributed by atoms with Crippen molar-refractivity contribution in [2.24, 2.45) is 21.7 Å². The second kappa shape index (κ2) is 4.72. The van der Waals surface area contributed by atoms with Gasteiger partial charge in [-0.3, -0.25) is 0 Å². The highest BCUT2D eigenvalue weighted by Crippen LogP contribution is 2.60. The molecule has 2 fully saturated rings. The fraction of sp³-hybridized carbons (Fsp3) is 1.00. The van der Waals surface area contributed by atoms with E-state index in [0.29, 0.717) is 25.7 Å². The van der Waals surface area contributed by atoms with Crippen LogP contribution in [-0.4, -0.2) is 21.4 Å². The molecule has 0 radical (unpaired) electrons. The fourth-order valence-electron chi connectivity index (χ4n) is 6.79. The number of aliphatic hydroxyl groups is 2. The average molecular weight is 311 g/mol. The Morgan fingerprint density at radius 2 is 0.591 bits per heavy atom. The molecule has 22 heavy (non-hydrogen) atoms. The molecule has 2 heteroatoms. The van der Waals surface area contributed by atoms with E-state index in [-0.39, 0.29) is 21.7 Å². The average Bonchev–Trinajstić information content (AvgIpc) is 2.02. The van der Waals surface area contributed by atoms with Crippen LogP contribution in [0.2, 0.25) is 0 Å². The normalized spacial score (nSPS) is 34.1. The highest BCUT2D eigenvalue weighted by molar-refractivity contribution is 5.13. The minimum Gasteiger partial charge on any atom is -0.387 e. The maximum Gasteiger partial charge on any atom is 0.0943 e. The van der Waals surface area contributed by atoms with Gasteiger partial charge in [-0.2, -0.15) is 0 Å². The van der Waals surface area contributed by atoms with Crippen LogP contribution in [0.15, 0.2) is 0 Å². The van der Waals surface area contributed by atoms with Crippen molar-refractivity contribution in [1.29, 1.82) is 0 Å². The molecule has 0 spiro atoms. The largest absolute Gasteiger partial charge is 0.387 e. The number of hydrogen-bond acceptors (Lipinski definition) is 2. The molecule has 0 atom stereocenters. The molecule has 0 aromatic carbocycles. The molecule has 2 rings (SSSR count). The molecular weight excluding hydrogens is 272 g/mol. The van der Waals surface area contributed by atoms with Gasteiger partial charge in [-0.1, -0.05) is 55.4 Å². The topological polar surface area (TPSA) is 40.5 Å². The molecular formula is C20H38O2. The van der Waals surface area contributed by atoms with Gasteiger partial charge in [0.05, 0.1) is 11.2 Å². The van der Waals surface area contributed by atoms with E-state index in [0.717, 1.165) is 12.8 Å². The highest BCUT2D eigenvalue weighted by atomic mass is 16.4. The van der Waals surface area contributed by atoms with Crippen molar-refractivity contribution in [1.82, 2.24) is 0 Å². The summed E-state index contributed by atoms with van der Waals surface area (Å²) < 4.78 is 0. The molecule has 0 aromatic rings. The van der Waals surface area contributed by atoms with E-state index >= 15 is 0 Å². The molecule has 2 nitrogen and oxygen atoms in total. The van der Waals surface area contributed by atoms with Crippen LogP contribution in [0.3, 0.4) is 0 Å². The standard InChI is InChI=1S/C20H38O2/c1-15(2)9-16(3,4)12-19(21,11-15)20(22)13-17(5,6)10-18(7,8)14-20/h21-22H,9-14H2,1-8H3. The van der Waals surface area contributed by atoms with E-state index in [4.69, 9.17) is 0 Å². The Kier molecular flexibility index (Phi) is 3.92. The zero-order chi connectivity index (χ0) is 17.2. The summed E-state index contributed by atoms with van der Waals surface area (Å²) in [4.78, 5) is 0. The summed E-state index contributed by atoms with van der Waals surface area (Å²) in [5.41, 5.74) is -1.69. The van der Waals surface area contributed by atoms with Gasteiger partial charge in [-0.25, -0.2) is 0 Å². The summed E-state index contributed by atoms with van der Waals surface area (Å²) in [5, 5.41) is 23.3. The third-order valence-electron chi connectivity index (χ3n) is 5.86. The SMILES string of the molecule is CC1(C)CC(C)(C)CC(O)(C2(O)CC(C)(C)CC(C)(C)C2)C1. The van der Waals surface area contributed by atoms with Crippen LogP contribution in [0, 0.1) is 21.7 Å². The zero-order valence-electron chi connectivity index (χ0n) is 16.1. The van der Waals surface area contributed by atoms with Crippen molar-refractivity contribution < 1.29 is 10.2 Å². The minimum atomic E-state index is -0.979. The molecule has 0 amide bonds. The van der Waals surface area contributed by atoms with Gasteiger partial charge in [0.25, 0.3) is 0 Å². The first-order valence-electron chi connectivity index (χ1n) is 8.94. The van der Waals surface area contributed by atoms with Crippen molar-refractivity contribution >= 4 is 0 Å². The Morgan fingerprint density at radius 1 is 0.409 bits per heavy atom. The third kappa shape index (κ3) is 3.53. The van der Waals surface area contributed by atoms with Gasteiger partial charge in [-0.05, 0) is 60.2 Å². The Labute approximate surface area is 137 Å². The van der Waals surface area contributed by atoms with Crippen molar-refractivity contribution in [2.45, 2.75) is 105 Å². The highest BCUT2D eigenvalue weighted by Gasteiger charge is 2.61. The Morgan fingerprint density at radius 3 is 0.773 bits per heavy atom. The van der Waals surface area contributed by atoms with Crippen LogP contribution < -0.4 is 0 Å². The second-order valence-corrected chi connectivity index (χ2v) is 11.8. The summed E-state index contributed by atoms with van der Waals surface area (Å²) in [6.45, 7) is 17.9. The molecule has 2 aliphatic carbocycles. The van der Waals surface area contributed by atoms with E-state index in [1.54, 1.807) is 0 Å². The molecule has 0 unspecified atom stereocenters. The lowest BCUT2D eigenvalue weighted by Gasteiger charge is -2.60. The molecule has 0 aromatic heterocycles. The first kappa shape index (κ1) is 18.3. The zero-order valence-corrected chi connectivity index (χ0v) is 16.1. The van der Waals surface area contributed by atoms with Gasteiger partial charge in [0.2, 0.25) is 0 Å². The summed E-state index contributed by atoms with van der Waals surface area (Å²) in [6.07, 6.45) is 5.01. The Bertz CT molecular complexity index is 369. The van der Waals surface area contributed by atoms with E-state index < -0.39 is 11.2 Å². The van der Waals surface area contributed by atoms with Gasteiger partial charge < -0.3 is 10.2 Å². The summed E-state index contributed by atoms with van der Waals surface area (Å²) in [5.74, 6) is 0. The lowest BCUT2D eigenvalue weighted by atomic mass is 9.49. The quantitative estimate of drug-likeness (QED) is 0.721. The third-order valence-corrected chi connectivity index (χ3v) is 5.86. The maximum atomic E-state index is 11.6. The number of rotatable bonds is 1. The van der Waals surface area contributed by atoms with Gasteiger partial charge in [0.1, 0.15) is 0 Å². The lowest BCUT2D eigenvalue weighted by Crippen LogP contribution is -2.64. The van der Waals surface area contributed by atoms with Crippen molar-refractivity contribution in [3.63, 3.8) is 0 Å². The monoisotopic (exact) mass is 310 g/mol. The summed E-state index contributed by atoms with van der Waals surface area (Å²) in [7, 11) is 0. The first-order chi connectivity index (χ1) is 9.49. The Hall–Kier alpha value is -0.0800. The van der Waals surface area contributed by atoms with Crippen LogP contribution in [0.25, 0.3) is 0 Å². The van der Waals surface area contributed by atoms with E-state index in [1.807, 2.05) is 0 Å². The van der Waals surface area contributed by atoms with Crippen LogP contribution in [-0.2, 0) is 0 Å². The molecule has 2 aliphatic rings. The minimum absolute atomic E-state index is 0.0674. The van der Waals surface area contributed by atoms with Crippen LogP contribution in [0.4, 0.5) is 0 Å². The first-order valence-corrected chi connectivity index (χ1v) is 8.94. The van der Waals surface area contributed by atoms with Gasteiger partial charge in [0.15, 0.2) is 0 Å². The van der Waals surface area contributed by atoms with Crippen LogP contribution in [0.1, 0.15) is 93.9 Å². The van der Waals surface area contributed by atoms with Crippen LogP contribution >= 0.6 is 0 Å². The van der Waals surface area contributed by atoms with Gasteiger partial charge in [0, 0.05) is 0 Å². The predicted octanol–water partition coefficient (Wildman–Crippen LogP) is 4.92. The molecule has 2 saturated carbocycles. The predicted molar refractivity (Wildman–Crippen MR) is 92.7 cm³/mol. The molecule has 0 bridgehead atoms. The summed E-state index contributed by atoms with van der Waals surface area (Å²) in [6, 6.07) is 0. The maximum absolute atomic E-state index is 11.6. The lowest BCUT2D eigenvalue weighted by molar-refractivity contribution is -0.242. The molecule has 130 valence electrons. The van der Waals surface area contributed by atoms with E-state index in [2.05, 4.69) is 55.4 Å². The van der Waals surface area contributed by atoms with Gasteiger partial charge >= 0.3 is 0 Å². The molecule has 2 N–H and O–H groups in total. The van der Waals surface area contributed by atoms with Crippen molar-refractivity contribution in [3.05, 3.63) is 0 Å². The van der Waals surface area contributed by atoms with E-state index in [9.17, 15) is 10.2 Å². The second-order valence-electron chi connectivity index (χ2n) is 11.8. The molecule has 0 saturated heterocycles. The smallest absolute Gasteiger partial charge is 0.0943 e. The van der Waals surface area contributed by atoms with Gasteiger partial charge in [-0.15, -0.1) is 0 Å². The molecule has 0 heterocycles.